The second-order valence-corrected chi connectivity index (χ2v) is 6.21. The molecule has 0 bridgehead atoms. The minimum atomic E-state index is -0.0229. The van der Waals surface area contributed by atoms with Crippen molar-refractivity contribution in [2.24, 2.45) is 0 Å². The first-order chi connectivity index (χ1) is 12.3. The van der Waals surface area contributed by atoms with Gasteiger partial charge in [0, 0.05) is 24.1 Å². The van der Waals surface area contributed by atoms with E-state index in [2.05, 4.69) is 15.6 Å². The highest BCUT2D eigenvalue weighted by molar-refractivity contribution is 5.92. The summed E-state index contributed by atoms with van der Waals surface area (Å²) in [6, 6.07) is 13.8. The van der Waals surface area contributed by atoms with Gasteiger partial charge in [0.2, 0.25) is 5.91 Å². The number of amides is 1. The van der Waals surface area contributed by atoms with Crippen molar-refractivity contribution in [1.82, 2.24) is 14.7 Å². The number of fused-ring (bicyclic) bond motifs is 1. The summed E-state index contributed by atoms with van der Waals surface area (Å²) in [5.74, 6) is 0.719. The fourth-order valence-electron chi connectivity index (χ4n) is 2.58. The molecule has 0 unspecified atom stereocenters. The largest absolute Gasteiger partial charge is 0.487 e. The minimum absolute atomic E-state index is 0. The van der Waals surface area contributed by atoms with Gasteiger partial charge in [0.15, 0.2) is 0 Å². The second kappa shape index (κ2) is 9.60. The van der Waals surface area contributed by atoms with Gasteiger partial charge in [-0.25, -0.2) is 4.98 Å². The van der Waals surface area contributed by atoms with Gasteiger partial charge in [-0.1, -0.05) is 6.07 Å². The van der Waals surface area contributed by atoms with Gasteiger partial charge in [0.05, 0.1) is 12.2 Å². The second-order valence-electron chi connectivity index (χ2n) is 6.21. The normalized spacial score (nSPS) is 12.7. The van der Waals surface area contributed by atoms with E-state index in [-0.39, 0.29) is 30.7 Å². The van der Waals surface area contributed by atoms with E-state index in [1.54, 1.807) is 0 Å². The first-order valence-corrected chi connectivity index (χ1v) is 8.45. The van der Waals surface area contributed by atoms with Gasteiger partial charge in [-0.15, -0.1) is 24.8 Å². The van der Waals surface area contributed by atoms with Crippen LogP contribution < -0.4 is 15.4 Å². The van der Waals surface area contributed by atoms with E-state index in [4.69, 9.17) is 4.74 Å². The van der Waals surface area contributed by atoms with Crippen molar-refractivity contribution in [2.75, 3.05) is 11.9 Å². The average Bonchev–Trinajstić information content (AvgIpc) is 3.37. The molecule has 2 N–H and O–H groups in total. The van der Waals surface area contributed by atoms with Gasteiger partial charge < -0.3 is 19.8 Å². The predicted molar refractivity (Wildman–Crippen MR) is 110 cm³/mol. The Morgan fingerprint density at radius 3 is 2.63 bits per heavy atom. The topological polar surface area (TPSA) is 67.7 Å². The van der Waals surface area contributed by atoms with Crippen LogP contribution in [-0.4, -0.2) is 27.9 Å². The quantitative estimate of drug-likeness (QED) is 0.628. The summed E-state index contributed by atoms with van der Waals surface area (Å²) >= 11 is 0. The van der Waals surface area contributed by atoms with Crippen LogP contribution in [0.2, 0.25) is 0 Å². The molecule has 1 aromatic carbocycles. The maximum Gasteiger partial charge on any atom is 0.238 e. The molecule has 27 heavy (non-hydrogen) atoms. The fourth-order valence-corrected chi connectivity index (χ4v) is 2.58. The van der Waals surface area contributed by atoms with Gasteiger partial charge in [-0.05, 0) is 49.2 Å². The number of anilines is 1. The highest BCUT2D eigenvalue weighted by Crippen LogP contribution is 2.19. The molecule has 1 amide bonds. The van der Waals surface area contributed by atoms with E-state index in [1.807, 2.05) is 59.3 Å². The van der Waals surface area contributed by atoms with Gasteiger partial charge in [-0.3, -0.25) is 4.79 Å². The number of carbonyl (C=O) groups excluding carboxylic acids is 1. The summed E-state index contributed by atoms with van der Waals surface area (Å²) in [5.41, 5.74) is 2.54. The highest BCUT2D eigenvalue weighted by Gasteiger charge is 2.21. The number of rotatable bonds is 7. The number of ether oxygens (including phenoxy) is 1. The molecule has 1 aliphatic rings. The Kier molecular flexibility index (Phi) is 7.47. The lowest BCUT2D eigenvalue weighted by atomic mass is 10.3. The molecule has 2 aromatic heterocycles. The van der Waals surface area contributed by atoms with E-state index >= 15 is 0 Å². The first kappa shape index (κ1) is 21.0. The minimum Gasteiger partial charge on any atom is -0.487 e. The van der Waals surface area contributed by atoms with Gasteiger partial charge in [0.25, 0.3) is 0 Å². The monoisotopic (exact) mass is 408 g/mol. The Morgan fingerprint density at radius 2 is 1.93 bits per heavy atom. The summed E-state index contributed by atoms with van der Waals surface area (Å²) in [5, 5.41) is 6.06. The lowest BCUT2D eigenvalue weighted by molar-refractivity contribution is -0.115. The maximum atomic E-state index is 11.8. The van der Waals surface area contributed by atoms with Crippen LogP contribution in [0.25, 0.3) is 5.65 Å². The van der Waals surface area contributed by atoms with Crippen LogP contribution >= 0.6 is 24.8 Å². The Labute approximate surface area is 170 Å². The molecule has 3 aromatic rings. The maximum absolute atomic E-state index is 11.8. The predicted octanol–water partition coefficient (Wildman–Crippen LogP) is 3.45. The van der Waals surface area contributed by atoms with Crippen LogP contribution in [0.3, 0.4) is 0 Å². The average molecular weight is 409 g/mol. The molecule has 1 aliphatic carbocycles. The number of carbonyl (C=O) groups is 1. The zero-order valence-electron chi connectivity index (χ0n) is 14.6. The van der Waals surface area contributed by atoms with Crippen LogP contribution in [0.15, 0.2) is 54.9 Å². The Morgan fingerprint density at radius 1 is 1.15 bits per heavy atom. The molecule has 0 saturated heterocycles. The van der Waals surface area contributed by atoms with E-state index in [0.717, 1.165) is 22.8 Å². The Balaban J connectivity index is 0.00000131. The molecule has 2 heterocycles. The molecule has 0 aliphatic heterocycles. The van der Waals surface area contributed by atoms with Crippen molar-refractivity contribution in [3.05, 3.63) is 60.6 Å². The highest BCUT2D eigenvalue weighted by atomic mass is 35.5. The van der Waals surface area contributed by atoms with Crippen LogP contribution in [0.1, 0.15) is 18.5 Å². The standard InChI is InChI=1S/C19H20N4O2.2ClH/c24-19(11-20-14-4-5-14)22-15-6-8-17(9-7-15)25-13-16-12-23-10-2-1-3-18(23)21-16;;/h1-3,6-10,12,14,20H,4-5,11,13H2,(H,22,24);2*1H. The summed E-state index contributed by atoms with van der Waals surface area (Å²) < 4.78 is 7.73. The fraction of sp³-hybridized carbons (Fsp3) is 0.263. The Bertz CT molecular complexity index is 846. The number of imidazole rings is 1. The number of halogens is 2. The van der Waals surface area contributed by atoms with Gasteiger partial charge in [0.1, 0.15) is 18.0 Å². The van der Waals surface area contributed by atoms with E-state index < -0.39 is 0 Å². The van der Waals surface area contributed by atoms with E-state index in [1.165, 1.54) is 12.8 Å². The van der Waals surface area contributed by atoms with Crippen LogP contribution in [-0.2, 0) is 11.4 Å². The molecule has 1 fully saturated rings. The molecule has 0 spiro atoms. The first-order valence-electron chi connectivity index (χ1n) is 8.45. The van der Waals surface area contributed by atoms with Crippen molar-refractivity contribution < 1.29 is 9.53 Å². The van der Waals surface area contributed by atoms with Crippen LogP contribution in [0, 0.1) is 0 Å². The van der Waals surface area contributed by atoms with Crippen LogP contribution in [0.5, 0.6) is 5.75 Å². The lowest BCUT2D eigenvalue weighted by Gasteiger charge is -2.08. The third-order valence-electron chi connectivity index (χ3n) is 4.07. The zero-order chi connectivity index (χ0) is 17.1. The van der Waals surface area contributed by atoms with Crippen molar-refractivity contribution in [3.63, 3.8) is 0 Å². The summed E-state index contributed by atoms with van der Waals surface area (Å²) in [6.45, 7) is 0.759. The smallest absolute Gasteiger partial charge is 0.238 e. The SMILES string of the molecule is Cl.Cl.O=C(CNC1CC1)Nc1ccc(OCc2cn3ccccc3n2)cc1. The summed E-state index contributed by atoms with van der Waals surface area (Å²) in [6.07, 6.45) is 6.26. The number of nitrogens with one attached hydrogen (secondary N) is 2. The number of hydrogen-bond donors (Lipinski definition) is 2. The molecule has 0 atom stereocenters. The lowest BCUT2D eigenvalue weighted by Crippen LogP contribution is -2.29. The van der Waals surface area contributed by atoms with E-state index in [9.17, 15) is 4.79 Å². The van der Waals surface area contributed by atoms with Crippen LogP contribution in [0.4, 0.5) is 5.69 Å². The van der Waals surface area contributed by atoms with Crippen molar-refractivity contribution >= 4 is 42.1 Å². The molecule has 4 rings (SSSR count). The van der Waals surface area contributed by atoms with Crippen molar-refractivity contribution in [1.29, 1.82) is 0 Å². The number of hydrogen-bond acceptors (Lipinski definition) is 4. The zero-order valence-corrected chi connectivity index (χ0v) is 16.3. The molecular formula is C19H22Cl2N4O2. The van der Waals surface area contributed by atoms with E-state index in [0.29, 0.717) is 19.2 Å². The molecule has 0 radical (unpaired) electrons. The third-order valence-corrected chi connectivity index (χ3v) is 4.07. The molecule has 6 nitrogen and oxygen atoms in total. The van der Waals surface area contributed by atoms with Crippen molar-refractivity contribution in [2.45, 2.75) is 25.5 Å². The number of aromatic nitrogens is 2. The van der Waals surface area contributed by atoms with Crippen molar-refractivity contribution in [3.8, 4) is 5.75 Å². The molecular weight excluding hydrogens is 387 g/mol. The number of pyridine rings is 1. The summed E-state index contributed by atoms with van der Waals surface area (Å²) in [4.78, 5) is 16.3. The summed E-state index contributed by atoms with van der Waals surface area (Å²) in [7, 11) is 0. The third kappa shape index (κ3) is 5.85. The number of benzene rings is 1. The molecule has 8 heteroatoms. The molecule has 144 valence electrons. The number of nitrogens with zero attached hydrogens (tertiary/aromatic N) is 2. The van der Waals surface area contributed by atoms with Gasteiger partial charge in [-0.2, -0.15) is 0 Å². The Hall–Kier alpha value is -2.28. The molecule has 1 saturated carbocycles. The van der Waals surface area contributed by atoms with Gasteiger partial charge >= 0.3 is 0 Å².